The Morgan fingerprint density at radius 2 is 1.93 bits per heavy atom. The van der Waals surface area contributed by atoms with Gasteiger partial charge in [0.25, 0.3) is 0 Å². The zero-order valence-corrected chi connectivity index (χ0v) is 10.4. The summed E-state index contributed by atoms with van der Waals surface area (Å²) < 4.78 is 0. The van der Waals surface area contributed by atoms with Crippen molar-refractivity contribution in [2.24, 2.45) is 0 Å². The first kappa shape index (κ1) is 12.7. The van der Waals surface area contributed by atoms with E-state index in [2.05, 4.69) is 11.6 Å². The molecular weight excluding hydrogens is 208 g/mol. The average Bonchev–Trinajstić information content (AvgIpc) is 2.52. The minimum Gasteiger partial charge on any atom is -0.338 e. The van der Waals surface area contributed by atoms with Gasteiger partial charge in [-0.3, -0.25) is 0 Å². The summed E-state index contributed by atoms with van der Waals surface area (Å²) in [6, 6.07) is 0.137. The highest BCUT2D eigenvalue weighted by Crippen LogP contribution is 2.09. The van der Waals surface area contributed by atoms with Gasteiger partial charge in [0, 0.05) is 19.6 Å². The zero-order valence-electron chi connectivity index (χ0n) is 9.63. The Morgan fingerprint density at radius 1 is 1.27 bits per heavy atom. The number of nitrogens with zero attached hydrogens (tertiary/aromatic N) is 1. The van der Waals surface area contributed by atoms with Crippen LogP contribution in [0.25, 0.3) is 0 Å². The van der Waals surface area contributed by atoms with Gasteiger partial charge >= 0.3 is 6.03 Å². The topological polar surface area (TPSA) is 32.3 Å². The molecule has 0 aromatic carbocycles. The lowest BCUT2D eigenvalue weighted by molar-refractivity contribution is 0.200. The van der Waals surface area contributed by atoms with Crippen LogP contribution >= 0.6 is 11.8 Å². The Morgan fingerprint density at radius 3 is 2.53 bits per heavy atom. The van der Waals surface area contributed by atoms with Crippen LogP contribution in [0.15, 0.2) is 0 Å². The van der Waals surface area contributed by atoms with Gasteiger partial charge < -0.3 is 10.2 Å². The first-order chi connectivity index (χ1) is 7.34. The molecule has 0 saturated carbocycles. The molecule has 0 unspecified atom stereocenters. The highest BCUT2D eigenvalue weighted by atomic mass is 32.2. The van der Waals surface area contributed by atoms with Gasteiger partial charge in [-0.2, -0.15) is 11.8 Å². The predicted octanol–water partition coefficient (Wildman–Crippen LogP) is 2.33. The first-order valence-corrected chi connectivity index (χ1v) is 7.25. The van der Waals surface area contributed by atoms with E-state index < -0.39 is 0 Å². The van der Waals surface area contributed by atoms with Crippen molar-refractivity contribution in [3.63, 3.8) is 0 Å². The van der Waals surface area contributed by atoms with Gasteiger partial charge in [-0.1, -0.05) is 12.8 Å². The summed E-state index contributed by atoms with van der Waals surface area (Å²) in [5.74, 6) is 1.13. The van der Waals surface area contributed by atoms with Crippen LogP contribution in [-0.2, 0) is 0 Å². The Hall–Kier alpha value is -0.380. The van der Waals surface area contributed by atoms with Crippen LogP contribution in [0, 0.1) is 0 Å². The van der Waals surface area contributed by atoms with E-state index in [0.29, 0.717) is 0 Å². The molecule has 0 aromatic rings. The van der Waals surface area contributed by atoms with Crippen LogP contribution in [0.5, 0.6) is 0 Å². The van der Waals surface area contributed by atoms with E-state index >= 15 is 0 Å². The molecule has 1 heterocycles. The van der Waals surface area contributed by atoms with Crippen LogP contribution in [0.2, 0.25) is 0 Å². The third-order valence-corrected chi connectivity index (χ3v) is 3.39. The maximum atomic E-state index is 11.7. The number of likely N-dealkylation sites (tertiary alicyclic amines) is 1. The molecule has 1 saturated heterocycles. The summed E-state index contributed by atoms with van der Waals surface area (Å²) in [6.45, 7) is 2.69. The Balaban J connectivity index is 2.14. The predicted molar refractivity (Wildman–Crippen MR) is 66.4 cm³/mol. The highest BCUT2D eigenvalue weighted by Gasteiger charge is 2.14. The van der Waals surface area contributed by atoms with Gasteiger partial charge in [-0.05, 0) is 31.3 Å². The summed E-state index contributed by atoms with van der Waals surface area (Å²) in [6.07, 6.45) is 8.04. The summed E-state index contributed by atoms with van der Waals surface area (Å²) in [7, 11) is 0. The second kappa shape index (κ2) is 7.85. The van der Waals surface area contributed by atoms with Crippen LogP contribution in [0.3, 0.4) is 0 Å². The van der Waals surface area contributed by atoms with Crippen molar-refractivity contribution in [2.75, 3.05) is 31.6 Å². The molecule has 1 N–H and O–H groups in total. The lowest BCUT2D eigenvalue weighted by atomic mass is 10.2. The third-order valence-electron chi connectivity index (χ3n) is 2.69. The Labute approximate surface area is 97.0 Å². The Bertz CT molecular complexity index is 179. The van der Waals surface area contributed by atoms with Crippen LogP contribution in [-0.4, -0.2) is 42.6 Å². The van der Waals surface area contributed by atoms with Gasteiger partial charge in [-0.15, -0.1) is 0 Å². The monoisotopic (exact) mass is 230 g/mol. The number of hydrogen-bond donors (Lipinski definition) is 1. The lowest BCUT2D eigenvalue weighted by Crippen LogP contribution is -2.40. The molecule has 15 heavy (non-hydrogen) atoms. The van der Waals surface area contributed by atoms with Crippen LogP contribution in [0.1, 0.15) is 32.1 Å². The number of hydrogen-bond acceptors (Lipinski definition) is 2. The molecule has 0 aliphatic carbocycles. The summed E-state index contributed by atoms with van der Waals surface area (Å²) >= 11 is 1.83. The smallest absolute Gasteiger partial charge is 0.317 e. The second-order valence-corrected chi connectivity index (χ2v) is 4.97. The van der Waals surface area contributed by atoms with E-state index in [1.807, 2.05) is 16.7 Å². The molecule has 0 aromatic heterocycles. The maximum Gasteiger partial charge on any atom is 0.317 e. The largest absolute Gasteiger partial charge is 0.338 e. The van der Waals surface area contributed by atoms with E-state index in [0.717, 1.165) is 44.6 Å². The van der Waals surface area contributed by atoms with Crippen molar-refractivity contribution in [3.05, 3.63) is 0 Å². The normalized spacial score (nSPS) is 17.3. The maximum absolute atomic E-state index is 11.7. The minimum absolute atomic E-state index is 0.137. The molecule has 1 fully saturated rings. The molecular formula is C11H22N2OS. The zero-order chi connectivity index (χ0) is 10.9. The van der Waals surface area contributed by atoms with Gasteiger partial charge in [0.1, 0.15) is 0 Å². The van der Waals surface area contributed by atoms with E-state index in [4.69, 9.17) is 0 Å². The number of carbonyl (C=O) groups excluding carboxylic acids is 1. The lowest BCUT2D eigenvalue weighted by Gasteiger charge is -2.20. The van der Waals surface area contributed by atoms with E-state index in [9.17, 15) is 4.79 Å². The van der Waals surface area contributed by atoms with Gasteiger partial charge in [0.15, 0.2) is 0 Å². The van der Waals surface area contributed by atoms with E-state index in [-0.39, 0.29) is 6.03 Å². The SMILES string of the molecule is CSCCCNC(=O)N1CCCCCC1. The number of carbonyl (C=O) groups is 1. The van der Waals surface area contributed by atoms with Crippen LogP contribution < -0.4 is 5.32 Å². The molecule has 1 rings (SSSR count). The van der Waals surface area contributed by atoms with Gasteiger partial charge in [-0.25, -0.2) is 4.79 Å². The van der Waals surface area contributed by atoms with Crippen molar-refractivity contribution in [2.45, 2.75) is 32.1 Å². The molecule has 0 bridgehead atoms. The molecule has 1 aliphatic rings. The number of rotatable bonds is 4. The highest BCUT2D eigenvalue weighted by molar-refractivity contribution is 7.98. The number of urea groups is 1. The summed E-state index contributed by atoms with van der Waals surface area (Å²) in [5.41, 5.74) is 0. The first-order valence-electron chi connectivity index (χ1n) is 5.86. The molecule has 3 nitrogen and oxygen atoms in total. The standard InChI is InChI=1S/C11H22N2OS/c1-15-10-6-7-12-11(14)13-8-4-2-3-5-9-13/h2-10H2,1H3,(H,12,14). The molecule has 88 valence electrons. The van der Waals surface area contributed by atoms with Crippen molar-refractivity contribution in [1.29, 1.82) is 0 Å². The molecule has 0 spiro atoms. The fourth-order valence-electron chi connectivity index (χ4n) is 1.80. The van der Waals surface area contributed by atoms with Crippen LogP contribution in [0.4, 0.5) is 4.79 Å². The van der Waals surface area contributed by atoms with Gasteiger partial charge in [0.2, 0.25) is 0 Å². The van der Waals surface area contributed by atoms with Gasteiger partial charge in [0.05, 0.1) is 0 Å². The molecule has 0 radical (unpaired) electrons. The fraction of sp³-hybridized carbons (Fsp3) is 0.909. The van der Waals surface area contributed by atoms with Crippen molar-refractivity contribution >= 4 is 17.8 Å². The number of nitrogens with one attached hydrogen (secondary N) is 1. The van der Waals surface area contributed by atoms with Crippen molar-refractivity contribution in [3.8, 4) is 0 Å². The molecule has 1 aliphatic heterocycles. The van der Waals surface area contributed by atoms with E-state index in [1.165, 1.54) is 12.8 Å². The number of amides is 2. The minimum atomic E-state index is 0.137. The number of thioether (sulfide) groups is 1. The summed E-state index contributed by atoms with van der Waals surface area (Å²) in [4.78, 5) is 13.7. The molecule has 4 heteroatoms. The van der Waals surface area contributed by atoms with Crippen molar-refractivity contribution < 1.29 is 4.79 Å². The summed E-state index contributed by atoms with van der Waals surface area (Å²) in [5, 5.41) is 2.99. The van der Waals surface area contributed by atoms with E-state index in [1.54, 1.807) is 0 Å². The third kappa shape index (κ3) is 5.30. The molecule has 0 atom stereocenters. The average molecular weight is 230 g/mol. The fourth-order valence-corrected chi connectivity index (χ4v) is 2.23. The second-order valence-electron chi connectivity index (χ2n) is 3.98. The van der Waals surface area contributed by atoms with Crippen molar-refractivity contribution in [1.82, 2.24) is 10.2 Å². The Kier molecular flexibility index (Phi) is 6.64. The molecule has 2 amide bonds. The quantitative estimate of drug-likeness (QED) is 0.752.